The molecule has 0 aromatic heterocycles. The lowest BCUT2D eigenvalue weighted by Gasteiger charge is -2.35. The lowest BCUT2D eigenvalue weighted by molar-refractivity contribution is 0.174. The lowest BCUT2D eigenvalue weighted by atomic mass is 10.1. The Bertz CT molecular complexity index is 282. The molecule has 0 radical (unpaired) electrons. The van der Waals surface area contributed by atoms with Gasteiger partial charge in [-0.05, 0) is 40.0 Å². The number of hydrogen-bond acceptors (Lipinski definition) is 4. The van der Waals surface area contributed by atoms with Gasteiger partial charge >= 0.3 is 0 Å². The fourth-order valence-electron chi connectivity index (χ4n) is 2.11. The lowest BCUT2D eigenvalue weighted by Crippen LogP contribution is -2.33. The van der Waals surface area contributed by atoms with Crippen molar-refractivity contribution in [1.82, 2.24) is 4.67 Å². The molecule has 0 saturated heterocycles. The van der Waals surface area contributed by atoms with E-state index in [1.54, 1.807) is 0 Å². The molecule has 0 heterocycles. The second-order valence-corrected chi connectivity index (χ2v) is 7.72. The van der Waals surface area contributed by atoms with Crippen molar-refractivity contribution in [3.05, 3.63) is 0 Å². The quantitative estimate of drug-likeness (QED) is 0.371. The van der Waals surface area contributed by atoms with Gasteiger partial charge in [-0.25, -0.2) is 4.67 Å². The van der Waals surface area contributed by atoms with E-state index in [4.69, 9.17) is 14.3 Å². The Morgan fingerprint density at radius 3 is 2.00 bits per heavy atom. The zero-order valence-electron chi connectivity index (χ0n) is 14.6. The third-order valence-electron chi connectivity index (χ3n) is 3.04. The van der Waals surface area contributed by atoms with E-state index in [2.05, 4.69) is 52.3 Å². The number of nitrogens with zero attached hydrogens (tertiary/aromatic N) is 2. The average Bonchev–Trinajstić information content (AvgIpc) is 2.36. The largest absolute Gasteiger partial charge is 0.322 e. The monoisotopic (exact) mass is 316 g/mol. The molecule has 0 N–H and O–H groups in total. The summed E-state index contributed by atoms with van der Waals surface area (Å²) in [6.07, 6.45) is 3.93. The molecular formula is C16H33N2O2P. The number of rotatable bonds is 12. The summed E-state index contributed by atoms with van der Waals surface area (Å²) in [6.45, 7) is 14.3. The normalized spacial score (nSPS) is 13.4. The molecule has 0 fully saturated rings. The van der Waals surface area contributed by atoms with Crippen molar-refractivity contribution in [2.24, 2.45) is 5.92 Å². The first kappa shape index (κ1) is 20.8. The minimum Gasteiger partial charge on any atom is -0.322 e. The van der Waals surface area contributed by atoms with Crippen LogP contribution in [0.2, 0.25) is 0 Å². The maximum Gasteiger partial charge on any atom is 0.259 e. The van der Waals surface area contributed by atoms with Crippen LogP contribution in [0.4, 0.5) is 0 Å². The first-order valence-corrected chi connectivity index (χ1v) is 9.24. The number of unbranched alkanes of at least 4 members (excludes halogenated alkanes) is 1. The maximum absolute atomic E-state index is 8.66. The summed E-state index contributed by atoms with van der Waals surface area (Å²) in [5, 5.41) is 8.66. The van der Waals surface area contributed by atoms with Crippen molar-refractivity contribution in [2.45, 2.75) is 79.3 Å². The molecule has 0 rings (SSSR count). The summed E-state index contributed by atoms with van der Waals surface area (Å²) in [5.74, 6) is 0.751. The van der Waals surface area contributed by atoms with Crippen molar-refractivity contribution in [2.75, 3.05) is 13.2 Å². The van der Waals surface area contributed by atoms with Crippen LogP contribution < -0.4 is 0 Å². The van der Waals surface area contributed by atoms with Crippen LogP contribution in [0.25, 0.3) is 0 Å². The van der Waals surface area contributed by atoms with E-state index in [0.29, 0.717) is 25.1 Å². The highest BCUT2D eigenvalue weighted by molar-refractivity contribution is 7.44. The molecule has 1 unspecified atom stereocenters. The molecule has 124 valence electrons. The van der Waals surface area contributed by atoms with Crippen LogP contribution in [0, 0.1) is 17.2 Å². The average molecular weight is 316 g/mol. The SMILES string of the molecule is CC(C)CCCCOP(OCCC#N)N(C(C)C)C(C)C. The molecule has 0 aromatic rings. The molecule has 0 spiro atoms. The fraction of sp³-hybridized carbons (Fsp3) is 0.938. The summed E-state index contributed by atoms with van der Waals surface area (Å²) >= 11 is 0. The van der Waals surface area contributed by atoms with Crippen LogP contribution >= 0.6 is 8.53 Å². The molecule has 4 nitrogen and oxygen atoms in total. The van der Waals surface area contributed by atoms with Crippen molar-refractivity contribution < 1.29 is 9.05 Å². The molecule has 0 aliphatic rings. The van der Waals surface area contributed by atoms with Crippen LogP contribution in [0.3, 0.4) is 0 Å². The molecule has 1 atom stereocenters. The summed E-state index contributed by atoms with van der Waals surface area (Å²) in [7, 11) is -1.06. The van der Waals surface area contributed by atoms with Crippen LogP contribution in [0.15, 0.2) is 0 Å². The molecule has 0 amide bonds. The molecule has 5 heteroatoms. The maximum atomic E-state index is 8.66. The van der Waals surface area contributed by atoms with Crippen LogP contribution in [0.1, 0.15) is 67.2 Å². The second kappa shape index (κ2) is 12.4. The van der Waals surface area contributed by atoms with Crippen molar-refractivity contribution in [3.8, 4) is 6.07 Å². The number of nitriles is 1. The van der Waals surface area contributed by atoms with E-state index in [1.165, 1.54) is 12.8 Å². The van der Waals surface area contributed by atoms with E-state index in [-0.39, 0.29) is 0 Å². The predicted molar refractivity (Wildman–Crippen MR) is 89.9 cm³/mol. The van der Waals surface area contributed by atoms with Crippen molar-refractivity contribution >= 4 is 8.53 Å². The van der Waals surface area contributed by atoms with Crippen LogP contribution in [0.5, 0.6) is 0 Å². The van der Waals surface area contributed by atoms with Gasteiger partial charge in [0.1, 0.15) is 0 Å². The van der Waals surface area contributed by atoms with E-state index in [1.807, 2.05) is 0 Å². The highest BCUT2D eigenvalue weighted by Gasteiger charge is 2.26. The summed E-state index contributed by atoms with van der Waals surface area (Å²) in [6, 6.07) is 2.86. The van der Waals surface area contributed by atoms with Gasteiger partial charge in [-0.3, -0.25) is 0 Å². The van der Waals surface area contributed by atoms with Crippen molar-refractivity contribution in [1.29, 1.82) is 5.26 Å². The second-order valence-electron chi connectivity index (χ2n) is 6.27. The summed E-state index contributed by atoms with van der Waals surface area (Å²) in [5.41, 5.74) is 0. The Morgan fingerprint density at radius 1 is 0.952 bits per heavy atom. The Labute approximate surface area is 132 Å². The molecular weight excluding hydrogens is 283 g/mol. The molecule has 0 saturated carbocycles. The fourth-order valence-corrected chi connectivity index (χ4v) is 3.74. The Hall–Kier alpha value is -0.200. The minimum absolute atomic E-state index is 0.369. The van der Waals surface area contributed by atoms with Gasteiger partial charge in [-0.2, -0.15) is 5.26 Å². The van der Waals surface area contributed by atoms with Gasteiger partial charge in [-0.1, -0.05) is 26.7 Å². The molecule has 0 aliphatic carbocycles. The van der Waals surface area contributed by atoms with Gasteiger partial charge in [0.2, 0.25) is 0 Å². The Balaban J connectivity index is 4.34. The van der Waals surface area contributed by atoms with Gasteiger partial charge in [0.25, 0.3) is 8.53 Å². The Morgan fingerprint density at radius 2 is 1.52 bits per heavy atom. The van der Waals surface area contributed by atoms with Gasteiger partial charge < -0.3 is 9.05 Å². The van der Waals surface area contributed by atoms with Crippen molar-refractivity contribution in [3.63, 3.8) is 0 Å². The van der Waals surface area contributed by atoms with Crippen LogP contribution in [-0.2, 0) is 9.05 Å². The zero-order chi connectivity index (χ0) is 16.3. The highest BCUT2D eigenvalue weighted by Crippen LogP contribution is 2.46. The summed E-state index contributed by atoms with van der Waals surface area (Å²) in [4.78, 5) is 0. The topological polar surface area (TPSA) is 45.5 Å². The van der Waals surface area contributed by atoms with E-state index in [9.17, 15) is 0 Å². The standard InChI is InChI=1S/C16H33N2O2P/c1-14(2)10-7-8-12-19-21(20-13-9-11-17)18(15(3)4)16(5)6/h14-16H,7-10,12-13H2,1-6H3. The molecule has 0 bridgehead atoms. The first-order chi connectivity index (χ1) is 9.90. The molecule has 0 aromatic carbocycles. The van der Waals surface area contributed by atoms with Crippen LogP contribution in [-0.4, -0.2) is 30.0 Å². The Kier molecular flexibility index (Phi) is 12.2. The number of hydrogen-bond donors (Lipinski definition) is 0. The molecule has 0 aliphatic heterocycles. The van der Waals surface area contributed by atoms with Gasteiger partial charge in [0, 0.05) is 12.1 Å². The first-order valence-electron chi connectivity index (χ1n) is 8.11. The van der Waals surface area contributed by atoms with Gasteiger partial charge in [0.05, 0.1) is 25.7 Å². The predicted octanol–water partition coefficient (Wildman–Crippen LogP) is 5.11. The highest BCUT2D eigenvalue weighted by atomic mass is 31.2. The minimum atomic E-state index is -1.06. The van der Waals surface area contributed by atoms with E-state index < -0.39 is 8.53 Å². The third kappa shape index (κ3) is 10.2. The molecule has 21 heavy (non-hydrogen) atoms. The summed E-state index contributed by atoms with van der Waals surface area (Å²) < 4.78 is 14.1. The third-order valence-corrected chi connectivity index (χ3v) is 5.15. The van der Waals surface area contributed by atoms with E-state index in [0.717, 1.165) is 18.9 Å². The van der Waals surface area contributed by atoms with E-state index >= 15 is 0 Å². The van der Waals surface area contributed by atoms with Gasteiger partial charge in [0.15, 0.2) is 0 Å². The van der Waals surface area contributed by atoms with Gasteiger partial charge in [-0.15, -0.1) is 0 Å². The smallest absolute Gasteiger partial charge is 0.259 e. The zero-order valence-corrected chi connectivity index (χ0v) is 15.5.